The summed E-state index contributed by atoms with van der Waals surface area (Å²) in [6.07, 6.45) is 2.47. The molecule has 10 heteroatoms. The summed E-state index contributed by atoms with van der Waals surface area (Å²) in [7, 11) is 0. The van der Waals surface area contributed by atoms with E-state index < -0.39 is 30.0 Å². The van der Waals surface area contributed by atoms with Gasteiger partial charge in [-0.3, -0.25) is 14.5 Å². The first-order valence-electron chi connectivity index (χ1n) is 9.72. The fraction of sp³-hybridized carbons (Fsp3) is 0.500. The number of para-hydroxylation sites is 2. The molecule has 0 aliphatic carbocycles. The van der Waals surface area contributed by atoms with Crippen molar-refractivity contribution >= 4 is 47.0 Å². The second-order valence-corrected chi connectivity index (χ2v) is 8.45. The topological polar surface area (TPSA) is 128 Å². The number of fused-ring (bicyclic) bond motifs is 1. The van der Waals surface area contributed by atoms with Gasteiger partial charge in [0, 0.05) is 0 Å². The monoisotopic (exact) mass is 436 g/mol. The molecule has 1 heterocycles. The van der Waals surface area contributed by atoms with Crippen LogP contribution < -0.4 is 20.9 Å². The van der Waals surface area contributed by atoms with Crippen molar-refractivity contribution in [3.05, 3.63) is 24.3 Å². The van der Waals surface area contributed by atoms with Crippen LogP contribution in [-0.4, -0.2) is 59.6 Å². The summed E-state index contributed by atoms with van der Waals surface area (Å²) >= 11 is 1.49. The number of urea groups is 1. The summed E-state index contributed by atoms with van der Waals surface area (Å²) in [4.78, 5) is 50.4. The van der Waals surface area contributed by atoms with Gasteiger partial charge in [0.2, 0.25) is 11.8 Å². The number of nitrogens with one attached hydrogen (secondary N) is 3. The highest BCUT2D eigenvalue weighted by Crippen LogP contribution is 2.28. The fourth-order valence-electron chi connectivity index (χ4n) is 3.11. The van der Waals surface area contributed by atoms with Crippen LogP contribution >= 0.6 is 11.8 Å². The van der Waals surface area contributed by atoms with Crippen LogP contribution in [0.3, 0.4) is 0 Å². The first-order chi connectivity index (χ1) is 14.2. The van der Waals surface area contributed by atoms with Gasteiger partial charge in [0.15, 0.2) is 0 Å². The largest absolute Gasteiger partial charge is 0.480 e. The van der Waals surface area contributed by atoms with E-state index in [1.807, 2.05) is 20.1 Å². The lowest BCUT2D eigenvalue weighted by Crippen LogP contribution is -2.56. The first-order valence-corrected chi connectivity index (χ1v) is 11.1. The third kappa shape index (κ3) is 6.38. The molecular weight excluding hydrogens is 408 g/mol. The average molecular weight is 437 g/mol. The number of carboxylic acids is 1. The van der Waals surface area contributed by atoms with Crippen molar-refractivity contribution in [2.45, 2.75) is 38.8 Å². The molecule has 0 saturated heterocycles. The molecule has 2 rings (SSSR count). The van der Waals surface area contributed by atoms with Crippen LogP contribution in [0.4, 0.5) is 16.2 Å². The van der Waals surface area contributed by atoms with E-state index in [2.05, 4.69) is 16.0 Å². The van der Waals surface area contributed by atoms with E-state index in [0.717, 1.165) is 0 Å². The number of carbonyl (C=O) groups excluding carboxylic acids is 3. The highest BCUT2D eigenvalue weighted by molar-refractivity contribution is 7.98. The number of carboxylic acid groups (broad SMARTS) is 1. The molecule has 4 amide bonds. The number of hydrogen-bond donors (Lipinski definition) is 4. The van der Waals surface area contributed by atoms with E-state index in [1.54, 1.807) is 24.3 Å². The summed E-state index contributed by atoms with van der Waals surface area (Å²) in [5, 5.41) is 17.3. The Morgan fingerprint density at radius 2 is 1.90 bits per heavy atom. The van der Waals surface area contributed by atoms with Crippen molar-refractivity contribution in [1.29, 1.82) is 0 Å². The Kier molecular flexibility index (Phi) is 8.52. The van der Waals surface area contributed by atoms with Crippen LogP contribution in [0.15, 0.2) is 24.3 Å². The summed E-state index contributed by atoms with van der Waals surface area (Å²) in [6.45, 7) is 3.63. The van der Waals surface area contributed by atoms with Crippen molar-refractivity contribution in [1.82, 2.24) is 10.6 Å². The van der Waals surface area contributed by atoms with Crippen LogP contribution in [0.2, 0.25) is 0 Å². The van der Waals surface area contributed by atoms with Gasteiger partial charge in [-0.25, -0.2) is 9.59 Å². The molecule has 0 aromatic heterocycles. The normalized spacial score (nSPS) is 15.1. The lowest BCUT2D eigenvalue weighted by molar-refractivity contribution is -0.142. The number of carbonyl (C=O) groups is 4. The van der Waals surface area contributed by atoms with Gasteiger partial charge in [-0.05, 0) is 42.9 Å². The molecule has 0 unspecified atom stereocenters. The molecule has 1 aliphatic rings. The van der Waals surface area contributed by atoms with Crippen molar-refractivity contribution in [3.63, 3.8) is 0 Å². The highest BCUT2D eigenvalue weighted by Gasteiger charge is 2.31. The number of thioether (sulfide) groups is 1. The average Bonchev–Trinajstić information content (AvgIpc) is 2.69. The number of anilines is 2. The zero-order valence-electron chi connectivity index (χ0n) is 17.3. The quantitative estimate of drug-likeness (QED) is 0.468. The minimum absolute atomic E-state index is 0.0764. The summed E-state index contributed by atoms with van der Waals surface area (Å²) in [6, 6.07) is 4.34. The molecule has 1 aromatic carbocycles. The minimum Gasteiger partial charge on any atom is -0.480 e. The van der Waals surface area contributed by atoms with Crippen molar-refractivity contribution < 1.29 is 24.3 Å². The van der Waals surface area contributed by atoms with Gasteiger partial charge in [0.05, 0.1) is 11.4 Å². The number of amides is 4. The number of benzene rings is 1. The molecule has 0 bridgehead atoms. The van der Waals surface area contributed by atoms with Gasteiger partial charge in [0.25, 0.3) is 0 Å². The third-order valence-electron chi connectivity index (χ3n) is 4.56. The Labute approximate surface area is 180 Å². The Balaban J connectivity index is 2.15. The summed E-state index contributed by atoms with van der Waals surface area (Å²) in [5.41, 5.74) is 1.04. The molecular formula is C20H28N4O5S. The molecule has 0 spiro atoms. The summed E-state index contributed by atoms with van der Waals surface area (Å²) in [5.74, 6) is -1.35. The number of nitrogens with zero attached hydrogens (tertiary/aromatic N) is 1. The van der Waals surface area contributed by atoms with E-state index in [-0.39, 0.29) is 24.8 Å². The molecule has 30 heavy (non-hydrogen) atoms. The number of hydrogen-bond acceptors (Lipinski definition) is 5. The molecule has 0 saturated carbocycles. The lowest BCUT2D eigenvalue weighted by atomic mass is 10.0. The van der Waals surface area contributed by atoms with E-state index in [9.17, 15) is 24.3 Å². The molecule has 164 valence electrons. The molecule has 1 aliphatic heterocycles. The predicted molar refractivity (Wildman–Crippen MR) is 117 cm³/mol. The maximum Gasteiger partial charge on any atom is 0.326 e. The van der Waals surface area contributed by atoms with Crippen LogP contribution in [0.1, 0.15) is 26.7 Å². The first kappa shape index (κ1) is 23.5. The van der Waals surface area contributed by atoms with Crippen LogP contribution in [0.5, 0.6) is 0 Å². The highest BCUT2D eigenvalue weighted by atomic mass is 32.2. The van der Waals surface area contributed by atoms with Crippen molar-refractivity contribution in [2.75, 3.05) is 28.8 Å². The van der Waals surface area contributed by atoms with Gasteiger partial charge in [-0.2, -0.15) is 11.8 Å². The lowest BCUT2D eigenvalue weighted by Gasteiger charge is -2.31. The Morgan fingerprint density at radius 1 is 1.20 bits per heavy atom. The standard InChI is InChI=1S/C20H28N4O5S/c1-12(2)10-15(18(26)22-14(19(27)28)8-9-30-3)23-20(29)24-11-17(25)21-13-6-4-5-7-16(13)24/h4-7,12,14-15H,8-11H2,1-3H3,(H,21,25)(H,22,26)(H,23,29)(H,27,28)/t14-,15-/m0/s1. The van der Waals surface area contributed by atoms with E-state index in [4.69, 9.17) is 0 Å². The molecule has 9 nitrogen and oxygen atoms in total. The fourth-order valence-corrected chi connectivity index (χ4v) is 3.58. The second kappa shape index (κ2) is 10.9. The van der Waals surface area contributed by atoms with E-state index >= 15 is 0 Å². The van der Waals surface area contributed by atoms with Gasteiger partial charge in [-0.1, -0.05) is 26.0 Å². The SMILES string of the molecule is CSCC[C@H](NC(=O)[C@H](CC(C)C)NC(=O)N1CC(=O)Nc2ccccc21)C(=O)O. The van der Waals surface area contributed by atoms with E-state index in [1.165, 1.54) is 16.7 Å². The van der Waals surface area contributed by atoms with Gasteiger partial charge in [-0.15, -0.1) is 0 Å². The minimum atomic E-state index is -1.12. The maximum absolute atomic E-state index is 12.9. The van der Waals surface area contributed by atoms with Crippen LogP contribution in [0.25, 0.3) is 0 Å². The zero-order valence-corrected chi connectivity index (χ0v) is 18.1. The van der Waals surface area contributed by atoms with Gasteiger partial charge >= 0.3 is 12.0 Å². The van der Waals surface area contributed by atoms with Crippen LogP contribution in [-0.2, 0) is 14.4 Å². The zero-order chi connectivity index (χ0) is 22.3. The van der Waals surface area contributed by atoms with Crippen LogP contribution in [0, 0.1) is 5.92 Å². The van der Waals surface area contributed by atoms with Crippen molar-refractivity contribution in [2.24, 2.45) is 5.92 Å². The molecule has 0 fully saturated rings. The predicted octanol–water partition coefficient (Wildman–Crippen LogP) is 1.89. The second-order valence-electron chi connectivity index (χ2n) is 7.46. The molecule has 2 atom stereocenters. The van der Waals surface area contributed by atoms with E-state index in [0.29, 0.717) is 23.5 Å². The Morgan fingerprint density at radius 3 is 2.53 bits per heavy atom. The Hall–Kier alpha value is -2.75. The van der Waals surface area contributed by atoms with Gasteiger partial charge in [0.1, 0.15) is 18.6 Å². The molecule has 0 radical (unpaired) electrons. The molecule has 4 N–H and O–H groups in total. The van der Waals surface area contributed by atoms with Crippen molar-refractivity contribution in [3.8, 4) is 0 Å². The smallest absolute Gasteiger partial charge is 0.326 e. The Bertz CT molecular complexity index is 801. The third-order valence-corrected chi connectivity index (χ3v) is 5.21. The molecule has 1 aromatic rings. The number of rotatable bonds is 9. The van der Waals surface area contributed by atoms with Gasteiger partial charge < -0.3 is 21.1 Å². The number of aliphatic carboxylic acids is 1. The summed E-state index contributed by atoms with van der Waals surface area (Å²) < 4.78 is 0. The maximum atomic E-state index is 12.9.